The zero-order chi connectivity index (χ0) is 21.8. The van der Waals surface area contributed by atoms with Gasteiger partial charge in [-0.2, -0.15) is 4.68 Å². The highest BCUT2D eigenvalue weighted by atomic mass is 32.2. The van der Waals surface area contributed by atoms with Crippen LogP contribution in [0.25, 0.3) is 5.69 Å². The summed E-state index contributed by atoms with van der Waals surface area (Å²) in [6.45, 7) is 8.16. The van der Waals surface area contributed by atoms with Crippen molar-refractivity contribution in [3.8, 4) is 5.69 Å². The summed E-state index contributed by atoms with van der Waals surface area (Å²) in [6.07, 6.45) is 3.80. The first-order valence-electron chi connectivity index (χ1n) is 10.7. The zero-order valence-electron chi connectivity index (χ0n) is 18.2. The van der Waals surface area contributed by atoms with E-state index in [9.17, 15) is 4.79 Å². The number of carbonyl (C=O) groups is 1. The van der Waals surface area contributed by atoms with Crippen LogP contribution in [0.15, 0.2) is 47.6 Å². The Hall–Kier alpha value is -2.87. The van der Waals surface area contributed by atoms with Crippen molar-refractivity contribution in [1.82, 2.24) is 20.2 Å². The van der Waals surface area contributed by atoms with Gasteiger partial charge in [0.15, 0.2) is 0 Å². The molecule has 1 aliphatic heterocycles. The molecule has 31 heavy (non-hydrogen) atoms. The van der Waals surface area contributed by atoms with Gasteiger partial charge in [-0.05, 0) is 86.4 Å². The first-order valence-corrected chi connectivity index (χ1v) is 11.6. The third-order valence-corrected chi connectivity index (χ3v) is 6.56. The van der Waals surface area contributed by atoms with Crippen molar-refractivity contribution in [1.29, 1.82) is 0 Å². The Morgan fingerprint density at radius 1 is 1.06 bits per heavy atom. The molecule has 1 N–H and O–H groups in total. The number of tetrazole rings is 1. The molecule has 1 saturated heterocycles. The Labute approximate surface area is 187 Å². The number of anilines is 2. The van der Waals surface area contributed by atoms with Crippen LogP contribution >= 0.6 is 11.8 Å². The number of hydrogen-bond acceptors (Lipinski definition) is 6. The summed E-state index contributed by atoms with van der Waals surface area (Å²) >= 11 is 1.34. The summed E-state index contributed by atoms with van der Waals surface area (Å²) in [5.74, 6) is -0.0779. The number of amides is 1. The fourth-order valence-corrected chi connectivity index (χ4v) is 4.61. The molecule has 1 unspecified atom stereocenters. The number of hydrogen-bond donors (Lipinski definition) is 1. The van der Waals surface area contributed by atoms with Gasteiger partial charge in [-0.1, -0.05) is 29.5 Å². The highest BCUT2D eigenvalue weighted by molar-refractivity contribution is 8.00. The zero-order valence-corrected chi connectivity index (χ0v) is 19.0. The largest absolute Gasteiger partial charge is 0.372 e. The third kappa shape index (κ3) is 5.07. The second kappa shape index (κ2) is 9.51. The first-order chi connectivity index (χ1) is 15.0. The summed E-state index contributed by atoms with van der Waals surface area (Å²) < 4.78 is 1.69. The molecule has 162 valence electrons. The van der Waals surface area contributed by atoms with Gasteiger partial charge in [-0.25, -0.2) is 0 Å². The number of carbonyl (C=O) groups excluding carboxylic acids is 1. The Balaban J connectivity index is 1.40. The highest BCUT2D eigenvalue weighted by Crippen LogP contribution is 2.26. The normalized spacial score (nSPS) is 15.0. The molecule has 7 nitrogen and oxygen atoms in total. The van der Waals surface area contributed by atoms with Gasteiger partial charge in [-0.3, -0.25) is 4.79 Å². The standard InChI is InChI=1S/C23H28N6OS/c1-16-7-12-21(17(2)15-16)29-23(25-26-27-29)31-18(3)22(30)24-19-8-10-20(11-9-19)28-13-5-4-6-14-28/h7-12,15,18H,4-6,13-14H2,1-3H3,(H,24,30). The smallest absolute Gasteiger partial charge is 0.237 e. The molecule has 1 atom stereocenters. The molecular formula is C23H28N6OS. The monoisotopic (exact) mass is 436 g/mol. The van der Waals surface area contributed by atoms with Crippen molar-refractivity contribution in [3.63, 3.8) is 0 Å². The van der Waals surface area contributed by atoms with Crippen LogP contribution in [0, 0.1) is 13.8 Å². The lowest BCUT2D eigenvalue weighted by Crippen LogP contribution is -2.29. The molecule has 1 aliphatic rings. The predicted octanol–water partition coefficient (Wildman–Crippen LogP) is 4.39. The molecule has 1 fully saturated rings. The Bertz CT molecular complexity index is 1040. The van der Waals surface area contributed by atoms with E-state index in [0.29, 0.717) is 5.16 Å². The van der Waals surface area contributed by atoms with Gasteiger partial charge in [0, 0.05) is 24.5 Å². The van der Waals surface area contributed by atoms with E-state index in [1.807, 2.05) is 38.1 Å². The van der Waals surface area contributed by atoms with Crippen molar-refractivity contribution < 1.29 is 4.79 Å². The molecule has 0 bridgehead atoms. The minimum absolute atomic E-state index is 0.0779. The van der Waals surface area contributed by atoms with E-state index in [4.69, 9.17) is 0 Å². The summed E-state index contributed by atoms with van der Waals surface area (Å²) in [7, 11) is 0. The lowest BCUT2D eigenvalue weighted by molar-refractivity contribution is -0.115. The number of nitrogens with one attached hydrogen (secondary N) is 1. The van der Waals surface area contributed by atoms with Crippen LogP contribution in [0.5, 0.6) is 0 Å². The number of aromatic nitrogens is 4. The lowest BCUT2D eigenvalue weighted by atomic mass is 10.1. The van der Waals surface area contributed by atoms with Crippen LogP contribution in [-0.2, 0) is 4.79 Å². The number of nitrogens with zero attached hydrogens (tertiary/aromatic N) is 5. The van der Waals surface area contributed by atoms with Crippen LogP contribution in [0.3, 0.4) is 0 Å². The van der Waals surface area contributed by atoms with Gasteiger partial charge in [0.05, 0.1) is 10.9 Å². The summed E-state index contributed by atoms with van der Waals surface area (Å²) in [5.41, 5.74) is 5.20. The maximum atomic E-state index is 12.8. The summed E-state index contributed by atoms with van der Waals surface area (Å²) in [6, 6.07) is 14.2. The van der Waals surface area contributed by atoms with E-state index >= 15 is 0 Å². The average molecular weight is 437 g/mol. The Kier molecular flexibility index (Phi) is 6.56. The molecule has 1 amide bonds. The molecular weight excluding hydrogens is 408 g/mol. The van der Waals surface area contributed by atoms with E-state index < -0.39 is 0 Å². The van der Waals surface area contributed by atoms with Gasteiger partial charge in [-0.15, -0.1) is 5.10 Å². The van der Waals surface area contributed by atoms with E-state index in [1.54, 1.807) is 4.68 Å². The minimum atomic E-state index is -0.350. The fraction of sp³-hybridized carbons (Fsp3) is 0.391. The first kappa shape index (κ1) is 21.4. The number of benzene rings is 2. The summed E-state index contributed by atoms with van der Waals surface area (Å²) in [5, 5.41) is 15.3. The molecule has 8 heteroatoms. The second-order valence-corrected chi connectivity index (χ2v) is 9.32. The lowest BCUT2D eigenvalue weighted by Gasteiger charge is -2.28. The quantitative estimate of drug-likeness (QED) is 0.578. The SMILES string of the molecule is Cc1ccc(-n2nnnc2SC(C)C(=O)Nc2ccc(N3CCCCC3)cc2)c(C)c1. The van der Waals surface area contributed by atoms with Crippen molar-refractivity contribution in [3.05, 3.63) is 53.6 Å². The molecule has 2 heterocycles. The van der Waals surface area contributed by atoms with Gasteiger partial charge >= 0.3 is 0 Å². The number of rotatable bonds is 6. The van der Waals surface area contributed by atoms with Crippen molar-refractivity contribution >= 4 is 29.0 Å². The predicted molar refractivity (Wildman–Crippen MR) is 125 cm³/mol. The van der Waals surface area contributed by atoms with Crippen molar-refractivity contribution in [2.75, 3.05) is 23.3 Å². The van der Waals surface area contributed by atoms with Crippen LogP contribution in [0.1, 0.15) is 37.3 Å². The second-order valence-electron chi connectivity index (χ2n) is 8.01. The number of thioether (sulfide) groups is 1. The third-order valence-electron chi connectivity index (χ3n) is 5.53. The highest BCUT2D eigenvalue weighted by Gasteiger charge is 2.20. The van der Waals surface area contributed by atoms with E-state index in [2.05, 4.69) is 50.9 Å². The number of aryl methyl sites for hydroxylation is 2. The van der Waals surface area contributed by atoms with Gasteiger partial charge in [0.25, 0.3) is 0 Å². The van der Waals surface area contributed by atoms with Crippen LogP contribution in [0.4, 0.5) is 11.4 Å². The van der Waals surface area contributed by atoms with E-state index in [1.165, 1.54) is 42.3 Å². The van der Waals surface area contributed by atoms with E-state index in [0.717, 1.165) is 30.0 Å². The van der Waals surface area contributed by atoms with Gasteiger partial charge < -0.3 is 10.2 Å². The molecule has 0 radical (unpaired) electrons. The van der Waals surface area contributed by atoms with Gasteiger partial charge in [0.2, 0.25) is 11.1 Å². The molecule has 0 aliphatic carbocycles. The maximum Gasteiger partial charge on any atom is 0.237 e. The van der Waals surface area contributed by atoms with Crippen LogP contribution < -0.4 is 10.2 Å². The van der Waals surface area contributed by atoms with Crippen molar-refractivity contribution in [2.45, 2.75) is 50.4 Å². The average Bonchev–Trinajstić information content (AvgIpc) is 3.22. The molecule has 4 rings (SSSR count). The Morgan fingerprint density at radius 2 is 1.81 bits per heavy atom. The van der Waals surface area contributed by atoms with E-state index in [-0.39, 0.29) is 11.2 Å². The van der Waals surface area contributed by atoms with Crippen molar-refractivity contribution in [2.24, 2.45) is 0 Å². The molecule has 0 saturated carbocycles. The topological polar surface area (TPSA) is 75.9 Å². The molecule has 2 aromatic carbocycles. The number of piperidine rings is 1. The fourth-order valence-electron chi connectivity index (χ4n) is 3.81. The summed E-state index contributed by atoms with van der Waals surface area (Å²) in [4.78, 5) is 15.2. The van der Waals surface area contributed by atoms with Crippen LogP contribution in [0.2, 0.25) is 0 Å². The minimum Gasteiger partial charge on any atom is -0.372 e. The molecule has 1 aromatic heterocycles. The van der Waals surface area contributed by atoms with Gasteiger partial charge in [0.1, 0.15) is 0 Å². The maximum absolute atomic E-state index is 12.8. The molecule has 0 spiro atoms. The molecule has 3 aromatic rings. The van der Waals surface area contributed by atoms with Crippen LogP contribution in [-0.4, -0.2) is 44.5 Å². The Morgan fingerprint density at radius 3 is 2.52 bits per heavy atom.